The van der Waals surface area contributed by atoms with E-state index in [1.165, 1.54) is 6.33 Å². The van der Waals surface area contributed by atoms with E-state index in [9.17, 15) is 4.79 Å². The molecule has 0 aliphatic carbocycles. The van der Waals surface area contributed by atoms with Crippen molar-refractivity contribution in [2.45, 2.75) is 32.0 Å². The molecule has 0 unspecified atom stereocenters. The zero-order chi connectivity index (χ0) is 20.9. The molecule has 3 aromatic rings. The van der Waals surface area contributed by atoms with Crippen LogP contribution in [0, 0.1) is 5.92 Å². The molecular formula is C21H26N6O3. The highest BCUT2D eigenvalue weighted by molar-refractivity contribution is 5.80. The van der Waals surface area contributed by atoms with E-state index < -0.39 is 0 Å². The van der Waals surface area contributed by atoms with Crippen molar-refractivity contribution in [3.8, 4) is 5.69 Å². The van der Waals surface area contributed by atoms with Crippen LogP contribution in [0.25, 0.3) is 5.69 Å². The van der Waals surface area contributed by atoms with Gasteiger partial charge in [-0.2, -0.15) is 10.2 Å². The van der Waals surface area contributed by atoms with Gasteiger partial charge < -0.3 is 14.8 Å². The Morgan fingerprint density at radius 1 is 1.33 bits per heavy atom. The lowest BCUT2D eigenvalue weighted by atomic mass is 9.95. The third kappa shape index (κ3) is 4.42. The minimum Gasteiger partial charge on any atom is -0.383 e. The molecule has 0 spiro atoms. The molecule has 3 atom stereocenters. The first kappa shape index (κ1) is 20.2. The van der Waals surface area contributed by atoms with Crippen LogP contribution in [-0.2, 0) is 20.8 Å². The minimum atomic E-state index is -0.275. The molecule has 9 heteroatoms. The summed E-state index contributed by atoms with van der Waals surface area (Å²) in [4.78, 5) is 16.9. The number of hydrogen-bond acceptors (Lipinski definition) is 6. The summed E-state index contributed by atoms with van der Waals surface area (Å²) < 4.78 is 14.5. The van der Waals surface area contributed by atoms with E-state index in [1.807, 2.05) is 42.1 Å². The summed E-state index contributed by atoms with van der Waals surface area (Å²) in [5.74, 6) is -0.239. The molecule has 0 bridgehead atoms. The molecule has 1 fully saturated rings. The number of hydrogen-bond donors (Lipinski definition) is 1. The molecule has 4 rings (SSSR count). The van der Waals surface area contributed by atoms with Crippen LogP contribution in [-0.4, -0.2) is 50.8 Å². The number of amides is 1. The van der Waals surface area contributed by atoms with Crippen molar-refractivity contribution in [3.63, 3.8) is 0 Å². The first-order chi connectivity index (χ1) is 14.7. The summed E-state index contributed by atoms with van der Waals surface area (Å²) in [5.41, 5.74) is 2.87. The van der Waals surface area contributed by atoms with Crippen molar-refractivity contribution in [1.29, 1.82) is 0 Å². The van der Waals surface area contributed by atoms with E-state index in [0.29, 0.717) is 26.2 Å². The van der Waals surface area contributed by atoms with Gasteiger partial charge in [0.25, 0.3) is 0 Å². The Hall–Kier alpha value is -3.04. The summed E-state index contributed by atoms with van der Waals surface area (Å²) >= 11 is 0. The van der Waals surface area contributed by atoms with E-state index in [4.69, 9.17) is 9.47 Å². The fourth-order valence-electron chi connectivity index (χ4n) is 3.68. The van der Waals surface area contributed by atoms with Crippen molar-refractivity contribution in [2.24, 2.45) is 5.92 Å². The third-order valence-electron chi connectivity index (χ3n) is 5.37. The quantitative estimate of drug-likeness (QED) is 0.611. The molecule has 1 aliphatic heterocycles. The number of aromatic nitrogens is 5. The molecule has 1 N–H and O–H groups in total. The summed E-state index contributed by atoms with van der Waals surface area (Å²) in [6.45, 7) is 3.80. The number of carbonyl (C=O) groups is 1. The lowest BCUT2D eigenvalue weighted by molar-refractivity contribution is -0.127. The van der Waals surface area contributed by atoms with Crippen LogP contribution in [0.5, 0.6) is 0 Å². The monoisotopic (exact) mass is 410 g/mol. The zero-order valence-electron chi connectivity index (χ0n) is 17.1. The van der Waals surface area contributed by atoms with Gasteiger partial charge in [-0.15, -0.1) is 0 Å². The largest absolute Gasteiger partial charge is 0.383 e. The Bertz CT molecular complexity index is 954. The summed E-state index contributed by atoms with van der Waals surface area (Å²) in [5, 5.41) is 11.6. The predicted octanol–water partition coefficient (Wildman–Crippen LogP) is 2.07. The van der Waals surface area contributed by atoms with Crippen LogP contribution in [0.15, 0.2) is 49.3 Å². The second kappa shape index (κ2) is 9.19. The fraction of sp³-hybridized carbons (Fsp3) is 0.429. The van der Waals surface area contributed by atoms with Gasteiger partial charge in [-0.1, -0.05) is 12.1 Å². The molecule has 158 valence electrons. The maximum absolute atomic E-state index is 13.0. The van der Waals surface area contributed by atoms with Crippen LogP contribution in [0.1, 0.15) is 36.6 Å². The topological polar surface area (TPSA) is 96.1 Å². The Labute approximate surface area is 175 Å². The van der Waals surface area contributed by atoms with Crippen molar-refractivity contribution in [2.75, 3.05) is 20.3 Å². The normalized spacial score (nSPS) is 19.7. The summed E-state index contributed by atoms with van der Waals surface area (Å²) in [7, 11) is 1.66. The van der Waals surface area contributed by atoms with Crippen LogP contribution in [0.2, 0.25) is 0 Å². The van der Waals surface area contributed by atoms with Gasteiger partial charge in [0.1, 0.15) is 12.7 Å². The number of methoxy groups -OCH3 is 1. The lowest BCUT2D eigenvalue weighted by Crippen LogP contribution is -2.34. The highest BCUT2D eigenvalue weighted by Gasteiger charge is 2.36. The van der Waals surface area contributed by atoms with E-state index in [1.54, 1.807) is 24.3 Å². The number of carbonyl (C=O) groups excluding carboxylic acids is 1. The van der Waals surface area contributed by atoms with Crippen molar-refractivity contribution in [3.05, 3.63) is 60.4 Å². The molecule has 0 radical (unpaired) electrons. The average molecular weight is 410 g/mol. The van der Waals surface area contributed by atoms with Crippen molar-refractivity contribution < 1.29 is 14.3 Å². The van der Waals surface area contributed by atoms with Crippen LogP contribution >= 0.6 is 0 Å². The van der Waals surface area contributed by atoms with E-state index in [0.717, 1.165) is 16.8 Å². The molecule has 2 aromatic heterocycles. The van der Waals surface area contributed by atoms with Gasteiger partial charge >= 0.3 is 0 Å². The van der Waals surface area contributed by atoms with Crippen LogP contribution < -0.4 is 5.32 Å². The SMILES string of the molecule is COCCn1cc([C@H]2OCC[C@@H]2C(=O)N[C@H](C)c2ccc(-n3cncn3)cc2)cn1. The Balaban J connectivity index is 1.39. The van der Waals surface area contributed by atoms with Gasteiger partial charge in [0.15, 0.2) is 0 Å². The van der Waals surface area contributed by atoms with Crippen molar-refractivity contribution >= 4 is 5.91 Å². The predicted molar refractivity (Wildman–Crippen MR) is 109 cm³/mol. The first-order valence-electron chi connectivity index (χ1n) is 10.0. The molecular weight excluding hydrogens is 384 g/mol. The van der Waals surface area contributed by atoms with E-state index >= 15 is 0 Å². The Morgan fingerprint density at radius 2 is 2.17 bits per heavy atom. The first-order valence-corrected chi connectivity index (χ1v) is 10.0. The molecule has 1 amide bonds. The number of benzene rings is 1. The average Bonchev–Trinajstić information content (AvgIpc) is 3.53. The van der Waals surface area contributed by atoms with Gasteiger partial charge in [0.05, 0.1) is 43.1 Å². The zero-order valence-corrected chi connectivity index (χ0v) is 17.1. The second-order valence-electron chi connectivity index (χ2n) is 7.38. The number of ether oxygens (including phenoxy) is 2. The number of rotatable bonds is 8. The van der Waals surface area contributed by atoms with Gasteiger partial charge in [-0.3, -0.25) is 9.48 Å². The molecule has 1 aromatic carbocycles. The number of nitrogens with one attached hydrogen (secondary N) is 1. The number of nitrogens with zero attached hydrogens (tertiary/aromatic N) is 5. The molecule has 3 heterocycles. The molecule has 1 saturated heterocycles. The smallest absolute Gasteiger partial charge is 0.226 e. The molecule has 1 aliphatic rings. The maximum Gasteiger partial charge on any atom is 0.226 e. The van der Waals surface area contributed by atoms with Gasteiger partial charge in [0.2, 0.25) is 5.91 Å². The van der Waals surface area contributed by atoms with E-state index in [2.05, 4.69) is 20.5 Å². The molecule has 9 nitrogen and oxygen atoms in total. The Morgan fingerprint density at radius 3 is 2.90 bits per heavy atom. The van der Waals surface area contributed by atoms with Crippen LogP contribution in [0.4, 0.5) is 0 Å². The lowest BCUT2D eigenvalue weighted by Gasteiger charge is -2.21. The molecule has 30 heavy (non-hydrogen) atoms. The highest BCUT2D eigenvalue weighted by atomic mass is 16.5. The van der Waals surface area contributed by atoms with Gasteiger partial charge in [-0.05, 0) is 31.0 Å². The highest BCUT2D eigenvalue weighted by Crippen LogP contribution is 2.35. The van der Waals surface area contributed by atoms with Crippen LogP contribution in [0.3, 0.4) is 0 Å². The fourth-order valence-corrected chi connectivity index (χ4v) is 3.68. The Kier molecular flexibility index (Phi) is 6.20. The third-order valence-corrected chi connectivity index (χ3v) is 5.37. The second-order valence-corrected chi connectivity index (χ2v) is 7.38. The standard InChI is InChI=1S/C21H26N6O3/c1-15(16-3-5-18(6-4-16)27-14-22-13-24-27)25-21(28)19-7-9-30-20(19)17-11-23-26(12-17)8-10-29-2/h3-6,11-15,19-20H,7-10H2,1-2H3,(H,25,28)/t15-,19+,20-/m1/s1. The summed E-state index contributed by atoms with van der Waals surface area (Å²) in [6.07, 6.45) is 7.27. The summed E-state index contributed by atoms with van der Waals surface area (Å²) in [6, 6.07) is 7.79. The maximum atomic E-state index is 13.0. The van der Waals surface area contributed by atoms with Gasteiger partial charge in [0, 0.05) is 25.5 Å². The van der Waals surface area contributed by atoms with Crippen molar-refractivity contribution in [1.82, 2.24) is 29.9 Å². The van der Waals surface area contributed by atoms with Gasteiger partial charge in [-0.25, -0.2) is 9.67 Å². The minimum absolute atomic E-state index is 0.00463. The van der Waals surface area contributed by atoms with E-state index in [-0.39, 0.29) is 24.0 Å². The molecule has 0 saturated carbocycles.